The molecule has 5 heteroatoms. The second-order valence-electron chi connectivity index (χ2n) is 6.84. The summed E-state index contributed by atoms with van der Waals surface area (Å²) in [5.74, 6) is 0.287. The predicted octanol–water partition coefficient (Wildman–Crippen LogP) is 1.42. The Balaban J connectivity index is 2.72. The van der Waals surface area contributed by atoms with Crippen molar-refractivity contribution in [3.63, 3.8) is 0 Å². The summed E-state index contributed by atoms with van der Waals surface area (Å²) in [6.07, 6.45) is 0.665. The van der Waals surface area contributed by atoms with Gasteiger partial charge in [-0.05, 0) is 12.3 Å². The molecule has 1 atom stereocenters. The van der Waals surface area contributed by atoms with E-state index in [0.717, 1.165) is 0 Å². The third-order valence-corrected chi connectivity index (χ3v) is 3.31. The lowest BCUT2D eigenvalue weighted by Crippen LogP contribution is -2.53. The van der Waals surface area contributed by atoms with E-state index in [1.54, 1.807) is 4.90 Å². The van der Waals surface area contributed by atoms with Crippen LogP contribution in [-0.4, -0.2) is 49.1 Å². The van der Waals surface area contributed by atoms with E-state index in [1.165, 1.54) is 0 Å². The van der Waals surface area contributed by atoms with E-state index in [1.807, 2.05) is 20.8 Å². The fourth-order valence-electron chi connectivity index (χ4n) is 2.07. The third kappa shape index (κ3) is 5.12. The molecule has 1 heterocycles. The van der Waals surface area contributed by atoms with Crippen LogP contribution in [0.2, 0.25) is 0 Å². The molecular formula is C15H28N2O3. The van der Waals surface area contributed by atoms with E-state index in [-0.39, 0.29) is 11.8 Å². The highest BCUT2D eigenvalue weighted by Gasteiger charge is 2.31. The minimum Gasteiger partial charge on any atom is -0.378 e. The zero-order valence-corrected chi connectivity index (χ0v) is 13.4. The predicted molar refractivity (Wildman–Crippen MR) is 78.2 cm³/mol. The Kier molecular flexibility index (Phi) is 5.99. The molecule has 1 rings (SSSR count). The van der Waals surface area contributed by atoms with Crippen molar-refractivity contribution >= 4 is 11.8 Å². The maximum absolute atomic E-state index is 12.6. The SMILES string of the molecule is CC(C)C[C@H](NC(=O)C(C)(C)C)C(=O)N1CCOCC1. The zero-order valence-electron chi connectivity index (χ0n) is 13.4. The number of carbonyl (C=O) groups excluding carboxylic acids is 2. The van der Waals surface area contributed by atoms with Crippen molar-refractivity contribution in [2.75, 3.05) is 26.3 Å². The third-order valence-electron chi connectivity index (χ3n) is 3.31. The van der Waals surface area contributed by atoms with Crippen molar-refractivity contribution in [2.45, 2.75) is 47.1 Å². The quantitative estimate of drug-likeness (QED) is 0.849. The molecule has 0 saturated carbocycles. The van der Waals surface area contributed by atoms with E-state index < -0.39 is 11.5 Å². The molecule has 116 valence electrons. The van der Waals surface area contributed by atoms with Crippen molar-refractivity contribution < 1.29 is 14.3 Å². The summed E-state index contributed by atoms with van der Waals surface area (Å²) in [6.45, 7) is 12.1. The van der Waals surface area contributed by atoms with Crippen LogP contribution >= 0.6 is 0 Å². The standard InChI is InChI=1S/C15H28N2O3/c1-11(2)10-12(16-14(19)15(3,4)5)13(18)17-6-8-20-9-7-17/h11-12H,6-10H2,1-5H3,(H,16,19)/t12-/m0/s1. The summed E-state index contributed by atoms with van der Waals surface area (Å²) < 4.78 is 5.26. The second-order valence-corrected chi connectivity index (χ2v) is 6.84. The van der Waals surface area contributed by atoms with Gasteiger partial charge in [0.2, 0.25) is 11.8 Å². The number of amides is 2. The molecule has 0 aliphatic carbocycles. The molecular weight excluding hydrogens is 256 g/mol. The topological polar surface area (TPSA) is 58.6 Å². The van der Waals surface area contributed by atoms with Crippen LogP contribution in [0.4, 0.5) is 0 Å². The number of nitrogens with zero attached hydrogens (tertiary/aromatic N) is 1. The fraction of sp³-hybridized carbons (Fsp3) is 0.867. The number of nitrogens with one attached hydrogen (secondary N) is 1. The molecule has 1 N–H and O–H groups in total. The molecule has 1 aliphatic heterocycles. The Morgan fingerprint density at radius 1 is 1.20 bits per heavy atom. The molecule has 0 bridgehead atoms. The van der Waals surface area contributed by atoms with Crippen LogP contribution in [-0.2, 0) is 14.3 Å². The zero-order chi connectivity index (χ0) is 15.3. The van der Waals surface area contributed by atoms with Gasteiger partial charge in [-0.15, -0.1) is 0 Å². The molecule has 1 saturated heterocycles. The van der Waals surface area contributed by atoms with E-state index in [9.17, 15) is 9.59 Å². The minimum atomic E-state index is -0.486. The minimum absolute atomic E-state index is 0.0135. The highest BCUT2D eigenvalue weighted by atomic mass is 16.5. The highest BCUT2D eigenvalue weighted by molar-refractivity contribution is 5.89. The Morgan fingerprint density at radius 2 is 1.75 bits per heavy atom. The van der Waals surface area contributed by atoms with Crippen LogP contribution in [0.1, 0.15) is 41.0 Å². The van der Waals surface area contributed by atoms with Crippen LogP contribution in [0.15, 0.2) is 0 Å². The van der Waals surface area contributed by atoms with E-state index in [2.05, 4.69) is 19.2 Å². The average Bonchev–Trinajstić information content (AvgIpc) is 2.36. The number of morpholine rings is 1. The van der Waals surface area contributed by atoms with Crippen LogP contribution in [0.25, 0.3) is 0 Å². The number of hydrogen-bond donors (Lipinski definition) is 1. The molecule has 0 spiro atoms. The number of ether oxygens (including phenoxy) is 1. The van der Waals surface area contributed by atoms with Gasteiger partial charge in [-0.1, -0.05) is 34.6 Å². The molecule has 5 nitrogen and oxygen atoms in total. The molecule has 1 aliphatic rings. The van der Waals surface area contributed by atoms with Gasteiger partial charge in [0.25, 0.3) is 0 Å². The van der Waals surface area contributed by atoms with Gasteiger partial charge >= 0.3 is 0 Å². The van der Waals surface area contributed by atoms with Gasteiger partial charge in [-0.25, -0.2) is 0 Å². The first-order valence-corrected chi connectivity index (χ1v) is 7.39. The summed E-state index contributed by atoms with van der Waals surface area (Å²) in [7, 11) is 0. The molecule has 0 aromatic rings. The first-order valence-electron chi connectivity index (χ1n) is 7.39. The van der Waals surface area contributed by atoms with Gasteiger partial charge in [-0.2, -0.15) is 0 Å². The lowest BCUT2D eigenvalue weighted by Gasteiger charge is -2.32. The van der Waals surface area contributed by atoms with Crippen molar-refractivity contribution in [1.82, 2.24) is 10.2 Å². The highest BCUT2D eigenvalue weighted by Crippen LogP contribution is 2.16. The molecule has 20 heavy (non-hydrogen) atoms. The number of hydrogen-bond acceptors (Lipinski definition) is 3. The van der Waals surface area contributed by atoms with Crippen LogP contribution in [0.5, 0.6) is 0 Å². The van der Waals surface area contributed by atoms with Crippen LogP contribution in [0.3, 0.4) is 0 Å². The van der Waals surface area contributed by atoms with E-state index in [0.29, 0.717) is 38.6 Å². The van der Waals surface area contributed by atoms with Crippen LogP contribution < -0.4 is 5.32 Å². The molecule has 2 amide bonds. The monoisotopic (exact) mass is 284 g/mol. The fourth-order valence-corrected chi connectivity index (χ4v) is 2.07. The summed E-state index contributed by atoms with van der Waals surface area (Å²) in [6, 6.07) is -0.431. The Hall–Kier alpha value is -1.10. The molecule has 1 fully saturated rings. The molecule has 0 aromatic heterocycles. The Bertz CT molecular complexity index is 342. The van der Waals surface area contributed by atoms with E-state index >= 15 is 0 Å². The van der Waals surface area contributed by atoms with Crippen molar-refractivity contribution in [3.05, 3.63) is 0 Å². The Morgan fingerprint density at radius 3 is 2.20 bits per heavy atom. The van der Waals surface area contributed by atoms with Crippen molar-refractivity contribution in [2.24, 2.45) is 11.3 Å². The first kappa shape index (κ1) is 17.0. The number of carbonyl (C=O) groups is 2. The van der Waals surface area contributed by atoms with Crippen LogP contribution in [0, 0.1) is 11.3 Å². The normalized spacial score (nSPS) is 18.0. The Labute approximate surface area is 122 Å². The van der Waals surface area contributed by atoms with Gasteiger partial charge < -0.3 is 15.0 Å². The van der Waals surface area contributed by atoms with Crippen molar-refractivity contribution in [3.8, 4) is 0 Å². The maximum atomic E-state index is 12.6. The maximum Gasteiger partial charge on any atom is 0.245 e. The van der Waals surface area contributed by atoms with Gasteiger partial charge in [0.1, 0.15) is 6.04 Å². The molecule has 0 unspecified atom stereocenters. The largest absolute Gasteiger partial charge is 0.378 e. The van der Waals surface area contributed by atoms with E-state index in [4.69, 9.17) is 4.74 Å². The number of rotatable bonds is 4. The second kappa shape index (κ2) is 7.07. The summed E-state index contributed by atoms with van der Waals surface area (Å²) in [4.78, 5) is 26.5. The van der Waals surface area contributed by atoms with Gasteiger partial charge in [0.15, 0.2) is 0 Å². The lowest BCUT2D eigenvalue weighted by atomic mass is 9.94. The van der Waals surface area contributed by atoms with Gasteiger partial charge in [0.05, 0.1) is 13.2 Å². The lowest BCUT2D eigenvalue weighted by molar-refractivity contribution is -0.142. The summed E-state index contributed by atoms with van der Waals surface area (Å²) in [5.41, 5.74) is -0.486. The molecule has 0 aromatic carbocycles. The average molecular weight is 284 g/mol. The van der Waals surface area contributed by atoms with Gasteiger partial charge in [0, 0.05) is 18.5 Å². The van der Waals surface area contributed by atoms with Gasteiger partial charge in [-0.3, -0.25) is 9.59 Å². The summed E-state index contributed by atoms with van der Waals surface area (Å²) in [5, 5.41) is 2.91. The first-order chi connectivity index (χ1) is 9.21. The summed E-state index contributed by atoms with van der Waals surface area (Å²) >= 11 is 0. The molecule has 0 radical (unpaired) electrons. The van der Waals surface area contributed by atoms with Crippen molar-refractivity contribution in [1.29, 1.82) is 0 Å². The smallest absolute Gasteiger partial charge is 0.245 e.